The van der Waals surface area contributed by atoms with Crippen molar-refractivity contribution in [1.82, 2.24) is 14.7 Å². The van der Waals surface area contributed by atoms with Gasteiger partial charge in [0.25, 0.3) is 5.91 Å². The minimum atomic E-state index is 0.0118. The van der Waals surface area contributed by atoms with Gasteiger partial charge in [0.15, 0.2) is 0 Å². The highest BCUT2D eigenvalue weighted by Gasteiger charge is 2.27. The number of ether oxygens (including phenoxy) is 1. The molecule has 0 saturated carbocycles. The summed E-state index contributed by atoms with van der Waals surface area (Å²) in [5.41, 5.74) is 1.86. The molecule has 0 N–H and O–H groups in total. The highest BCUT2D eigenvalue weighted by atomic mass is 16.5. The number of amides is 1. The molecule has 1 amide bonds. The molecule has 5 nitrogen and oxygen atoms in total. The normalized spacial score (nSPS) is 18.5. The first-order valence-corrected chi connectivity index (χ1v) is 8.11. The maximum Gasteiger partial charge on any atom is 0.260 e. The number of aryl methyl sites for hydroxylation is 1. The first kappa shape index (κ1) is 15.6. The molecule has 0 aliphatic carbocycles. The number of hydrogen-bond acceptors (Lipinski definition) is 3. The van der Waals surface area contributed by atoms with Crippen LogP contribution in [0.3, 0.4) is 0 Å². The Morgan fingerprint density at radius 1 is 1.26 bits per heavy atom. The van der Waals surface area contributed by atoms with E-state index in [4.69, 9.17) is 4.74 Å². The molecule has 1 aromatic carbocycles. The molecule has 23 heavy (non-hydrogen) atoms. The molecule has 1 fully saturated rings. The molecule has 1 aliphatic rings. The molecule has 1 aliphatic heterocycles. The van der Waals surface area contributed by atoms with Crippen molar-refractivity contribution in [2.75, 3.05) is 20.2 Å². The second-order valence-electron chi connectivity index (χ2n) is 6.08. The molecular weight excluding hydrogens is 290 g/mol. The standard InChI is InChI=1S/C18H23N3O2/c1-20-13-16(17(19-20)23-2)18(22)21-11-7-6-10-15(12-21)14-8-4-3-5-9-14/h3-5,8-9,13,15H,6-7,10-12H2,1-2H3. The molecule has 2 aromatic rings. The molecule has 1 unspecified atom stereocenters. The van der Waals surface area contributed by atoms with Crippen molar-refractivity contribution in [3.8, 4) is 5.88 Å². The lowest BCUT2D eigenvalue weighted by molar-refractivity contribution is 0.0751. The summed E-state index contributed by atoms with van der Waals surface area (Å²) in [5.74, 6) is 0.807. The zero-order chi connectivity index (χ0) is 16.2. The van der Waals surface area contributed by atoms with Crippen molar-refractivity contribution in [2.45, 2.75) is 25.2 Å². The van der Waals surface area contributed by atoms with Crippen LogP contribution in [0, 0.1) is 0 Å². The Bertz CT molecular complexity index is 666. The number of hydrogen-bond donors (Lipinski definition) is 0. The van der Waals surface area contributed by atoms with Crippen molar-refractivity contribution in [2.24, 2.45) is 7.05 Å². The predicted octanol–water partition coefficient (Wildman–Crippen LogP) is 2.84. The number of benzene rings is 1. The number of likely N-dealkylation sites (tertiary alicyclic amines) is 1. The highest BCUT2D eigenvalue weighted by Crippen LogP contribution is 2.28. The van der Waals surface area contributed by atoms with Gasteiger partial charge >= 0.3 is 0 Å². The van der Waals surface area contributed by atoms with Crippen LogP contribution in [-0.2, 0) is 7.05 Å². The SMILES string of the molecule is COc1nn(C)cc1C(=O)N1CCCCC(c2ccccc2)C1. The summed E-state index contributed by atoms with van der Waals surface area (Å²) in [6.07, 6.45) is 5.05. The lowest BCUT2D eigenvalue weighted by Crippen LogP contribution is -2.34. The molecule has 1 atom stereocenters. The summed E-state index contributed by atoms with van der Waals surface area (Å²) in [5, 5.41) is 4.19. The smallest absolute Gasteiger partial charge is 0.260 e. The van der Waals surface area contributed by atoms with Crippen LogP contribution in [0.25, 0.3) is 0 Å². The number of carbonyl (C=O) groups is 1. The Hall–Kier alpha value is -2.30. The number of aromatic nitrogens is 2. The van der Waals surface area contributed by atoms with Crippen LogP contribution in [0.5, 0.6) is 5.88 Å². The zero-order valence-electron chi connectivity index (χ0n) is 13.7. The molecule has 0 spiro atoms. The minimum Gasteiger partial charge on any atom is -0.479 e. The number of nitrogens with zero attached hydrogens (tertiary/aromatic N) is 3. The van der Waals surface area contributed by atoms with E-state index in [1.807, 2.05) is 11.0 Å². The summed E-state index contributed by atoms with van der Waals surface area (Å²) in [4.78, 5) is 14.9. The molecule has 0 bridgehead atoms. The number of rotatable bonds is 3. The molecular formula is C18H23N3O2. The van der Waals surface area contributed by atoms with Crippen molar-refractivity contribution in [1.29, 1.82) is 0 Å². The third-order valence-corrected chi connectivity index (χ3v) is 4.45. The van der Waals surface area contributed by atoms with Gasteiger partial charge < -0.3 is 9.64 Å². The van der Waals surface area contributed by atoms with Gasteiger partial charge in [0.1, 0.15) is 5.56 Å². The van der Waals surface area contributed by atoms with Crippen LogP contribution in [-0.4, -0.2) is 40.8 Å². The van der Waals surface area contributed by atoms with Gasteiger partial charge in [0, 0.05) is 32.3 Å². The summed E-state index contributed by atoms with van der Waals surface area (Å²) in [6, 6.07) is 10.5. The van der Waals surface area contributed by atoms with E-state index in [0.29, 0.717) is 17.4 Å². The highest BCUT2D eigenvalue weighted by molar-refractivity contribution is 5.96. The van der Waals surface area contributed by atoms with Crippen molar-refractivity contribution in [3.63, 3.8) is 0 Å². The second kappa shape index (κ2) is 6.86. The summed E-state index contributed by atoms with van der Waals surface area (Å²) in [6.45, 7) is 1.54. The van der Waals surface area contributed by atoms with E-state index in [1.165, 1.54) is 5.56 Å². The number of carbonyl (C=O) groups excluding carboxylic acids is 1. The van der Waals surface area contributed by atoms with Crippen molar-refractivity contribution >= 4 is 5.91 Å². The van der Waals surface area contributed by atoms with Crippen LogP contribution < -0.4 is 4.74 Å². The van der Waals surface area contributed by atoms with Crippen LogP contribution >= 0.6 is 0 Å². The van der Waals surface area contributed by atoms with Crippen molar-refractivity contribution in [3.05, 3.63) is 47.7 Å². The molecule has 1 aromatic heterocycles. The maximum atomic E-state index is 12.9. The third kappa shape index (κ3) is 3.38. The fourth-order valence-electron chi connectivity index (χ4n) is 3.26. The monoisotopic (exact) mass is 313 g/mol. The number of methoxy groups -OCH3 is 1. The average molecular weight is 313 g/mol. The average Bonchev–Trinajstić information content (AvgIpc) is 2.80. The van der Waals surface area contributed by atoms with Crippen LogP contribution in [0.1, 0.15) is 41.1 Å². The van der Waals surface area contributed by atoms with Crippen LogP contribution in [0.2, 0.25) is 0 Å². The Morgan fingerprint density at radius 2 is 2.04 bits per heavy atom. The molecule has 1 saturated heterocycles. The van der Waals surface area contributed by atoms with E-state index in [1.54, 1.807) is 25.0 Å². The van der Waals surface area contributed by atoms with Gasteiger partial charge in [-0.3, -0.25) is 9.48 Å². The van der Waals surface area contributed by atoms with Crippen LogP contribution in [0.4, 0.5) is 0 Å². The molecule has 5 heteroatoms. The second-order valence-corrected chi connectivity index (χ2v) is 6.08. The van der Waals surface area contributed by atoms with Gasteiger partial charge in [0.2, 0.25) is 5.88 Å². The predicted molar refractivity (Wildman–Crippen MR) is 88.7 cm³/mol. The van der Waals surface area contributed by atoms with Gasteiger partial charge in [-0.15, -0.1) is 5.10 Å². The fourth-order valence-corrected chi connectivity index (χ4v) is 3.26. The molecule has 122 valence electrons. The molecule has 3 rings (SSSR count). The fraction of sp³-hybridized carbons (Fsp3) is 0.444. The summed E-state index contributed by atoms with van der Waals surface area (Å²) in [7, 11) is 3.35. The summed E-state index contributed by atoms with van der Waals surface area (Å²) >= 11 is 0. The van der Waals surface area contributed by atoms with Gasteiger partial charge in [-0.05, 0) is 18.4 Å². The Kier molecular flexibility index (Phi) is 4.65. The zero-order valence-corrected chi connectivity index (χ0v) is 13.7. The van der Waals surface area contributed by atoms with E-state index in [2.05, 4.69) is 29.4 Å². The lowest BCUT2D eigenvalue weighted by Gasteiger charge is -2.24. The quantitative estimate of drug-likeness (QED) is 0.875. The van der Waals surface area contributed by atoms with E-state index in [9.17, 15) is 4.79 Å². The maximum absolute atomic E-state index is 12.9. The van der Waals surface area contributed by atoms with Gasteiger partial charge in [-0.2, -0.15) is 0 Å². The van der Waals surface area contributed by atoms with Crippen LogP contribution in [0.15, 0.2) is 36.5 Å². The Labute approximate surface area is 136 Å². The van der Waals surface area contributed by atoms with Crippen molar-refractivity contribution < 1.29 is 9.53 Å². The lowest BCUT2D eigenvalue weighted by atomic mass is 9.94. The Morgan fingerprint density at radius 3 is 2.78 bits per heavy atom. The largest absolute Gasteiger partial charge is 0.479 e. The minimum absolute atomic E-state index is 0.0118. The third-order valence-electron chi connectivity index (χ3n) is 4.45. The summed E-state index contributed by atoms with van der Waals surface area (Å²) < 4.78 is 6.86. The van der Waals surface area contributed by atoms with E-state index < -0.39 is 0 Å². The van der Waals surface area contributed by atoms with Gasteiger partial charge in [0.05, 0.1) is 7.11 Å². The van der Waals surface area contributed by atoms with E-state index >= 15 is 0 Å². The first-order valence-electron chi connectivity index (χ1n) is 8.11. The first-order chi connectivity index (χ1) is 11.2. The van der Waals surface area contributed by atoms with E-state index in [-0.39, 0.29) is 5.91 Å². The topological polar surface area (TPSA) is 47.4 Å². The van der Waals surface area contributed by atoms with E-state index in [0.717, 1.165) is 32.4 Å². The van der Waals surface area contributed by atoms with Gasteiger partial charge in [-0.1, -0.05) is 36.8 Å². The Balaban J connectivity index is 1.82. The molecule has 2 heterocycles. The van der Waals surface area contributed by atoms with Gasteiger partial charge in [-0.25, -0.2) is 0 Å². The molecule has 0 radical (unpaired) electrons.